The molecule has 0 amide bonds. The summed E-state index contributed by atoms with van der Waals surface area (Å²) in [6, 6.07) is 5.12. The number of nitrogens with one attached hydrogen (secondary N) is 1. The number of alkyl halides is 1. The minimum atomic E-state index is -1.05. The zero-order valence-electron chi connectivity index (χ0n) is 10.2. The van der Waals surface area contributed by atoms with Crippen molar-refractivity contribution in [3.05, 3.63) is 23.8 Å². The Morgan fingerprint density at radius 2 is 2.18 bits per heavy atom. The smallest absolute Gasteiger partial charge is 0.144 e. The Labute approximate surface area is 101 Å². The predicted octanol–water partition coefficient (Wildman–Crippen LogP) is 2.47. The van der Waals surface area contributed by atoms with E-state index in [2.05, 4.69) is 5.32 Å². The van der Waals surface area contributed by atoms with Gasteiger partial charge in [-0.3, -0.25) is 0 Å². The second kappa shape index (κ2) is 5.36. The summed E-state index contributed by atoms with van der Waals surface area (Å²) in [4.78, 5) is 0. The first kappa shape index (κ1) is 12.2. The van der Waals surface area contributed by atoms with Gasteiger partial charge in [0, 0.05) is 11.6 Å². The lowest BCUT2D eigenvalue weighted by atomic mass is 10.0. The van der Waals surface area contributed by atoms with Crippen LogP contribution in [0, 0.1) is 0 Å². The van der Waals surface area contributed by atoms with Crippen molar-refractivity contribution >= 4 is 0 Å². The van der Waals surface area contributed by atoms with E-state index in [1.807, 2.05) is 0 Å². The van der Waals surface area contributed by atoms with E-state index >= 15 is 0 Å². The van der Waals surface area contributed by atoms with Gasteiger partial charge in [-0.15, -0.1) is 0 Å². The third-order valence-corrected chi connectivity index (χ3v) is 3.19. The largest absolute Gasteiger partial charge is 0.497 e. The summed E-state index contributed by atoms with van der Waals surface area (Å²) in [6.07, 6.45) is 0.835. The lowest BCUT2D eigenvalue weighted by Crippen LogP contribution is -2.26. The van der Waals surface area contributed by atoms with Crippen LogP contribution in [-0.2, 0) is 0 Å². The van der Waals surface area contributed by atoms with Crippen molar-refractivity contribution in [2.75, 3.05) is 20.8 Å². The molecule has 0 radical (unpaired) electrons. The Hall–Kier alpha value is -1.29. The molecular formula is C13H18FNO2. The van der Waals surface area contributed by atoms with Gasteiger partial charge in [0.25, 0.3) is 0 Å². The highest BCUT2D eigenvalue weighted by molar-refractivity contribution is 5.42. The van der Waals surface area contributed by atoms with Crippen LogP contribution in [0.3, 0.4) is 0 Å². The van der Waals surface area contributed by atoms with Crippen LogP contribution >= 0.6 is 0 Å². The summed E-state index contributed by atoms with van der Waals surface area (Å²) in [5.74, 6) is 1.23. The highest BCUT2D eigenvalue weighted by Crippen LogP contribution is 2.35. The third kappa shape index (κ3) is 2.52. The van der Waals surface area contributed by atoms with Gasteiger partial charge in [0.15, 0.2) is 0 Å². The molecule has 1 saturated heterocycles. The molecule has 1 fully saturated rings. The van der Waals surface area contributed by atoms with Crippen LogP contribution in [0.4, 0.5) is 4.39 Å². The number of ether oxygens (including phenoxy) is 2. The molecule has 1 aliphatic heterocycles. The Morgan fingerprint density at radius 3 is 2.76 bits per heavy atom. The molecule has 0 aliphatic carbocycles. The summed E-state index contributed by atoms with van der Waals surface area (Å²) >= 11 is 0. The highest BCUT2D eigenvalue weighted by atomic mass is 19.1. The first-order valence-electron chi connectivity index (χ1n) is 5.85. The van der Waals surface area contributed by atoms with E-state index in [4.69, 9.17) is 9.47 Å². The van der Waals surface area contributed by atoms with Crippen molar-refractivity contribution in [3.8, 4) is 11.5 Å². The second-order valence-corrected chi connectivity index (χ2v) is 4.21. The number of methoxy groups -OCH3 is 2. The molecule has 0 bridgehead atoms. The van der Waals surface area contributed by atoms with Gasteiger partial charge in [0.05, 0.1) is 14.2 Å². The third-order valence-electron chi connectivity index (χ3n) is 3.19. The fourth-order valence-electron chi connectivity index (χ4n) is 2.23. The van der Waals surface area contributed by atoms with E-state index in [1.54, 1.807) is 32.4 Å². The molecule has 0 saturated carbocycles. The number of rotatable bonds is 4. The monoisotopic (exact) mass is 239 g/mol. The lowest BCUT2D eigenvalue weighted by molar-refractivity contribution is 0.261. The molecule has 2 unspecified atom stereocenters. The van der Waals surface area contributed by atoms with Gasteiger partial charge in [-0.05, 0) is 37.6 Å². The Balaban J connectivity index is 2.27. The molecule has 1 heterocycles. The lowest BCUT2D eigenvalue weighted by Gasteiger charge is -2.19. The van der Waals surface area contributed by atoms with E-state index in [9.17, 15) is 4.39 Å². The second-order valence-electron chi connectivity index (χ2n) is 4.21. The van der Waals surface area contributed by atoms with Crippen LogP contribution < -0.4 is 14.8 Å². The fraction of sp³-hybridized carbons (Fsp3) is 0.538. The molecule has 1 N–H and O–H groups in total. The summed E-state index contributed by atoms with van der Waals surface area (Å²) < 4.78 is 24.7. The zero-order valence-corrected chi connectivity index (χ0v) is 10.2. The molecule has 1 aromatic rings. The summed E-state index contributed by atoms with van der Waals surface area (Å²) in [5, 5.41) is 3.17. The molecule has 2 rings (SSSR count). The Morgan fingerprint density at radius 1 is 1.35 bits per heavy atom. The topological polar surface area (TPSA) is 30.5 Å². The van der Waals surface area contributed by atoms with Crippen LogP contribution in [0.2, 0.25) is 0 Å². The van der Waals surface area contributed by atoms with Gasteiger partial charge in [-0.2, -0.15) is 0 Å². The average molecular weight is 239 g/mol. The fourth-order valence-corrected chi connectivity index (χ4v) is 2.23. The summed E-state index contributed by atoms with van der Waals surface area (Å²) in [5.41, 5.74) is 0.561. The van der Waals surface area contributed by atoms with Crippen molar-refractivity contribution in [1.82, 2.24) is 5.32 Å². The van der Waals surface area contributed by atoms with E-state index in [1.165, 1.54) is 0 Å². The standard InChI is InChI=1S/C13H18FNO2/c1-16-9-5-6-12(17-2)10(8-9)13(14)11-4-3-7-15-11/h5-6,8,11,13,15H,3-4,7H2,1-2H3. The molecule has 4 heteroatoms. The minimum absolute atomic E-state index is 0.115. The summed E-state index contributed by atoms with van der Waals surface area (Å²) in [7, 11) is 3.13. The maximum absolute atomic E-state index is 14.4. The van der Waals surface area contributed by atoms with E-state index in [0.29, 0.717) is 17.1 Å². The maximum Gasteiger partial charge on any atom is 0.144 e. The average Bonchev–Trinajstić information content (AvgIpc) is 2.91. The van der Waals surface area contributed by atoms with Gasteiger partial charge in [-0.25, -0.2) is 4.39 Å². The van der Waals surface area contributed by atoms with Crippen LogP contribution in [0.1, 0.15) is 24.6 Å². The van der Waals surface area contributed by atoms with Gasteiger partial charge in [0.2, 0.25) is 0 Å². The van der Waals surface area contributed by atoms with Crippen LogP contribution in [-0.4, -0.2) is 26.8 Å². The molecule has 1 aromatic carbocycles. The highest BCUT2D eigenvalue weighted by Gasteiger charge is 2.28. The molecular weight excluding hydrogens is 221 g/mol. The molecule has 0 spiro atoms. The van der Waals surface area contributed by atoms with Crippen molar-refractivity contribution in [2.24, 2.45) is 0 Å². The predicted molar refractivity (Wildman–Crippen MR) is 64.4 cm³/mol. The van der Waals surface area contributed by atoms with Gasteiger partial charge >= 0.3 is 0 Å². The van der Waals surface area contributed by atoms with E-state index in [0.717, 1.165) is 19.4 Å². The van der Waals surface area contributed by atoms with E-state index < -0.39 is 6.17 Å². The molecule has 17 heavy (non-hydrogen) atoms. The Kier molecular flexibility index (Phi) is 3.84. The molecule has 94 valence electrons. The number of benzene rings is 1. The first-order valence-corrected chi connectivity index (χ1v) is 5.85. The van der Waals surface area contributed by atoms with Crippen LogP contribution in [0.5, 0.6) is 11.5 Å². The number of hydrogen-bond donors (Lipinski definition) is 1. The molecule has 2 atom stereocenters. The van der Waals surface area contributed by atoms with Gasteiger partial charge in [0.1, 0.15) is 17.7 Å². The first-order chi connectivity index (χ1) is 8.26. The van der Waals surface area contributed by atoms with Crippen LogP contribution in [0.15, 0.2) is 18.2 Å². The maximum atomic E-state index is 14.4. The van der Waals surface area contributed by atoms with Crippen molar-refractivity contribution < 1.29 is 13.9 Å². The van der Waals surface area contributed by atoms with Crippen molar-refractivity contribution in [2.45, 2.75) is 25.1 Å². The van der Waals surface area contributed by atoms with Crippen LogP contribution in [0.25, 0.3) is 0 Å². The minimum Gasteiger partial charge on any atom is -0.497 e. The number of halogens is 1. The normalized spacial score (nSPS) is 21.2. The van der Waals surface area contributed by atoms with Crippen molar-refractivity contribution in [1.29, 1.82) is 0 Å². The molecule has 3 nitrogen and oxygen atoms in total. The molecule has 0 aromatic heterocycles. The Bertz CT molecular complexity index is 378. The van der Waals surface area contributed by atoms with E-state index in [-0.39, 0.29) is 6.04 Å². The zero-order chi connectivity index (χ0) is 12.3. The quantitative estimate of drug-likeness (QED) is 0.875. The molecule has 1 aliphatic rings. The van der Waals surface area contributed by atoms with Crippen molar-refractivity contribution in [3.63, 3.8) is 0 Å². The summed E-state index contributed by atoms with van der Waals surface area (Å²) in [6.45, 7) is 0.886. The number of hydrogen-bond acceptors (Lipinski definition) is 3. The van der Waals surface area contributed by atoms with Gasteiger partial charge < -0.3 is 14.8 Å². The SMILES string of the molecule is COc1ccc(OC)c(C(F)C2CCCN2)c1. The van der Waals surface area contributed by atoms with Gasteiger partial charge in [-0.1, -0.05) is 0 Å².